The van der Waals surface area contributed by atoms with Crippen molar-refractivity contribution in [3.63, 3.8) is 0 Å². The number of hydrogen-bond acceptors (Lipinski definition) is 2. The van der Waals surface area contributed by atoms with E-state index in [0.29, 0.717) is 6.04 Å². The van der Waals surface area contributed by atoms with E-state index in [9.17, 15) is 0 Å². The van der Waals surface area contributed by atoms with Gasteiger partial charge in [-0.1, -0.05) is 43.3 Å². The Balaban J connectivity index is 2.21. The summed E-state index contributed by atoms with van der Waals surface area (Å²) in [6.07, 6.45) is 2.11. The Morgan fingerprint density at radius 1 is 1.10 bits per heavy atom. The molecule has 112 valence electrons. The molecule has 0 radical (unpaired) electrons. The molecule has 0 spiro atoms. The van der Waals surface area contributed by atoms with Gasteiger partial charge in [-0.05, 0) is 55.1 Å². The molecule has 0 aromatic heterocycles. The average molecular weight is 283 g/mol. The second kappa shape index (κ2) is 7.84. The first kappa shape index (κ1) is 15.6. The third-order valence-electron chi connectivity index (χ3n) is 3.78. The van der Waals surface area contributed by atoms with Crippen molar-refractivity contribution in [3.8, 4) is 5.75 Å². The van der Waals surface area contributed by atoms with Gasteiger partial charge >= 0.3 is 0 Å². The normalized spacial score (nSPS) is 12.1. The molecule has 2 heteroatoms. The molecule has 0 heterocycles. The van der Waals surface area contributed by atoms with Gasteiger partial charge in [0, 0.05) is 6.04 Å². The topological polar surface area (TPSA) is 21.3 Å². The van der Waals surface area contributed by atoms with E-state index < -0.39 is 0 Å². The lowest BCUT2D eigenvalue weighted by Crippen LogP contribution is -2.24. The van der Waals surface area contributed by atoms with Crippen LogP contribution in [0.4, 0.5) is 0 Å². The maximum Gasteiger partial charge on any atom is 0.119 e. The van der Waals surface area contributed by atoms with E-state index in [-0.39, 0.29) is 0 Å². The zero-order valence-electron chi connectivity index (χ0n) is 13.2. The lowest BCUT2D eigenvalue weighted by molar-refractivity contribution is 0.413. The summed E-state index contributed by atoms with van der Waals surface area (Å²) in [4.78, 5) is 0. The molecule has 0 aliphatic carbocycles. The van der Waals surface area contributed by atoms with Crippen LogP contribution in [0.1, 0.15) is 36.1 Å². The second-order valence-corrected chi connectivity index (χ2v) is 5.42. The Labute approximate surface area is 128 Å². The number of ether oxygens (including phenoxy) is 1. The molecule has 0 saturated heterocycles. The highest BCUT2D eigenvalue weighted by atomic mass is 16.5. The van der Waals surface area contributed by atoms with E-state index in [1.54, 1.807) is 7.11 Å². The van der Waals surface area contributed by atoms with Gasteiger partial charge < -0.3 is 10.1 Å². The molecule has 1 unspecified atom stereocenters. The lowest BCUT2D eigenvalue weighted by Gasteiger charge is -2.21. The van der Waals surface area contributed by atoms with E-state index in [1.165, 1.54) is 16.7 Å². The smallest absolute Gasteiger partial charge is 0.119 e. The van der Waals surface area contributed by atoms with Crippen LogP contribution in [-0.2, 0) is 6.42 Å². The molecular formula is C19H25NO. The number of benzene rings is 2. The van der Waals surface area contributed by atoms with Crippen LogP contribution < -0.4 is 10.1 Å². The zero-order chi connectivity index (χ0) is 15.1. The van der Waals surface area contributed by atoms with Crippen LogP contribution in [0.5, 0.6) is 5.75 Å². The van der Waals surface area contributed by atoms with Crippen molar-refractivity contribution in [2.45, 2.75) is 32.7 Å². The predicted octanol–water partition coefficient (Wildman–Crippen LogP) is 4.29. The van der Waals surface area contributed by atoms with E-state index in [2.05, 4.69) is 61.6 Å². The lowest BCUT2D eigenvalue weighted by atomic mass is 9.95. The Morgan fingerprint density at radius 2 is 1.90 bits per heavy atom. The van der Waals surface area contributed by atoms with Gasteiger partial charge in [0.1, 0.15) is 5.75 Å². The Morgan fingerprint density at radius 3 is 2.62 bits per heavy atom. The number of aryl methyl sites for hydroxylation is 1. The van der Waals surface area contributed by atoms with Gasteiger partial charge in [0.25, 0.3) is 0 Å². The molecular weight excluding hydrogens is 258 g/mol. The molecule has 2 aromatic carbocycles. The minimum Gasteiger partial charge on any atom is -0.497 e. The summed E-state index contributed by atoms with van der Waals surface area (Å²) in [5, 5.41) is 3.67. The maximum atomic E-state index is 5.33. The highest BCUT2D eigenvalue weighted by molar-refractivity contribution is 5.33. The summed E-state index contributed by atoms with van der Waals surface area (Å²) in [6, 6.07) is 17.3. The maximum absolute atomic E-state index is 5.33. The highest BCUT2D eigenvalue weighted by Crippen LogP contribution is 2.23. The predicted molar refractivity (Wildman–Crippen MR) is 88.9 cm³/mol. The van der Waals surface area contributed by atoms with Crippen molar-refractivity contribution in [2.24, 2.45) is 0 Å². The SMILES string of the molecule is CCCNC(Cc1cccc(OC)c1)c1ccccc1C. The van der Waals surface area contributed by atoms with Gasteiger partial charge in [0.15, 0.2) is 0 Å². The molecule has 2 rings (SSSR count). The summed E-state index contributed by atoms with van der Waals surface area (Å²) in [7, 11) is 1.72. The van der Waals surface area contributed by atoms with Crippen LogP contribution >= 0.6 is 0 Å². The number of hydrogen-bond donors (Lipinski definition) is 1. The summed E-state index contributed by atoms with van der Waals surface area (Å²) in [5.74, 6) is 0.923. The van der Waals surface area contributed by atoms with Crippen molar-refractivity contribution in [1.82, 2.24) is 5.32 Å². The first-order valence-electron chi connectivity index (χ1n) is 7.66. The van der Waals surface area contributed by atoms with Crippen LogP contribution in [0.3, 0.4) is 0 Å². The van der Waals surface area contributed by atoms with Gasteiger partial charge in [-0.3, -0.25) is 0 Å². The standard InChI is InChI=1S/C19H25NO/c1-4-12-20-19(18-11-6-5-8-15(18)2)14-16-9-7-10-17(13-16)21-3/h5-11,13,19-20H,4,12,14H2,1-3H3. The first-order valence-corrected chi connectivity index (χ1v) is 7.66. The van der Waals surface area contributed by atoms with Crippen LogP contribution in [0.25, 0.3) is 0 Å². The number of rotatable bonds is 7. The second-order valence-electron chi connectivity index (χ2n) is 5.42. The van der Waals surface area contributed by atoms with Gasteiger partial charge in [-0.2, -0.15) is 0 Å². The number of methoxy groups -OCH3 is 1. The van der Waals surface area contributed by atoms with Crippen molar-refractivity contribution in [3.05, 3.63) is 65.2 Å². The van der Waals surface area contributed by atoms with E-state index in [1.807, 2.05) is 6.07 Å². The van der Waals surface area contributed by atoms with Gasteiger partial charge in [0.05, 0.1) is 7.11 Å². The molecule has 1 N–H and O–H groups in total. The van der Waals surface area contributed by atoms with Crippen LogP contribution in [-0.4, -0.2) is 13.7 Å². The summed E-state index contributed by atoms with van der Waals surface area (Å²) < 4.78 is 5.33. The zero-order valence-corrected chi connectivity index (χ0v) is 13.2. The molecule has 0 aliphatic rings. The average Bonchev–Trinajstić information content (AvgIpc) is 2.52. The number of nitrogens with one attached hydrogen (secondary N) is 1. The molecule has 0 fully saturated rings. The minimum absolute atomic E-state index is 0.346. The van der Waals surface area contributed by atoms with Crippen LogP contribution in [0, 0.1) is 6.92 Å². The first-order chi connectivity index (χ1) is 10.2. The summed E-state index contributed by atoms with van der Waals surface area (Å²) in [6.45, 7) is 5.41. The summed E-state index contributed by atoms with van der Waals surface area (Å²) in [5.41, 5.74) is 4.02. The fraction of sp³-hybridized carbons (Fsp3) is 0.368. The fourth-order valence-corrected chi connectivity index (χ4v) is 2.62. The van der Waals surface area contributed by atoms with E-state index >= 15 is 0 Å². The monoisotopic (exact) mass is 283 g/mol. The Kier molecular flexibility index (Phi) is 5.82. The van der Waals surface area contributed by atoms with E-state index in [4.69, 9.17) is 4.74 Å². The Hall–Kier alpha value is -1.80. The van der Waals surface area contributed by atoms with Crippen molar-refractivity contribution < 1.29 is 4.74 Å². The molecule has 2 aromatic rings. The molecule has 21 heavy (non-hydrogen) atoms. The molecule has 0 saturated carbocycles. The molecule has 0 aliphatic heterocycles. The minimum atomic E-state index is 0.346. The van der Waals surface area contributed by atoms with Crippen molar-refractivity contribution >= 4 is 0 Å². The fourth-order valence-electron chi connectivity index (χ4n) is 2.62. The van der Waals surface area contributed by atoms with E-state index in [0.717, 1.165) is 25.1 Å². The van der Waals surface area contributed by atoms with Crippen molar-refractivity contribution in [2.75, 3.05) is 13.7 Å². The summed E-state index contributed by atoms with van der Waals surface area (Å²) >= 11 is 0. The van der Waals surface area contributed by atoms with Gasteiger partial charge in [-0.25, -0.2) is 0 Å². The third kappa shape index (κ3) is 4.33. The highest BCUT2D eigenvalue weighted by Gasteiger charge is 2.13. The molecule has 0 amide bonds. The van der Waals surface area contributed by atoms with Crippen LogP contribution in [0.15, 0.2) is 48.5 Å². The van der Waals surface area contributed by atoms with Gasteiger partial charge in [0.2, 0.25) is 0 Å². The quantitative estimate of drug-likeness (QED) is 0.818. The molecule has 2 nitrogen and oxygen atoms in total. The Bertz CT molecular complexity index is 565. The van der Waals surface area contributed by atoms with Gasteiger partial charge in [-0.15, -0.1) is 0 Å². The molecule has 1 atom stereocenters. The largest absolute Gasteiger partial charge is 0.497 e. The third-order valence-corrected chi connectivity index (χ3v) is 3.78. The molecule has 0 bridgehead atoms. The van der Waals surface area contributed by atoms with Crippen LogP contribution in [0.2, 0.25) is 0 Å². The van der Waals surface area contributed by atoms with Crippen molar-refractivity contribution in [1.29, 1.82) is 0 Å².